The van der Waals surface area contributed by atoms with Crippen LogP contribution >= 0.6 is 11.6 Å². The summed E-state index contributed by atoms with van der Waals surface area (Å²) < 4.78 is 5.30. The minimum absolute atomic E-state index is 0.0823. The summed E-state index contributed by atoms with van der Waals surface area (Å²) in [5.74, 6) is 0.620. The fraction of sp³-hybridized carbons (Fsp3) is 0.632. The average molecular weight is 366 g/mol. The van der Waals surface area contributed by atoms with Crippen molar-refractivity contribution >= 4 is 23.3 Å². The monoisotopic (exact) mass is 365 g/mol. The molecule has 1 saturated carbocycles. The maximum Gasteiger partial charge on any atom is 0.322 e. The third-order valence-electron chi connectivity index (χ3n) is 5.35. The normalized spacial score (nSPS) is 20.2. The molecule has 1 aliphatic heterocycles. The van der Waals surface area contributed by atoms with Gasteiger partial charge in [0, 0.05) is 37.2 Å². The van der Waals surface area contributed by atoms with E-state index in [1.165, 1.54) is 38.5 Å². The van der Waals surface area contributed by atoms with E-state index >= 15 is 0 Å². The summed E-state index contributed by atoms with van der Waals surface area (Å²) in [6.45, 7) is 3.46. The molecule has 0 unspecified atom stereocenters. The second kappa shape index (κ2) is 8.77. The minimum Gasteiger partial charge on any atom is -0.495 e. The van der Waals surface area contributed by atoms with Crippen LogP contribution in [0, 0.1) is 0 Å². The largest absolute Gasteiger partial charge is 0.495 e. The van der Waals surface area contributed by atoms with E-state index in [4.69, 9.17) is 16.3 Å². The van der Waals surface area contributed by atoms with Gasteiger partial charge in [-0.15, -0.1) is 0 Å². The molecule has 6 heteroatoms. The topological polar surface area (TPSA) is 44.8 Å². The Morgan fingerprint density at radius 3 is 2.44 bits per heavy atom. The lowest BCUT2D eigenvalue weighted by atomic mass is 10.1. The molecule has 0 spiro atoms. The highest BCUT2D eigenvalue weighted by Gasteiger charge is 2.26. The zero-order valence-electron chi connectivity index (χ0n) is 15.0. The number of hydrogen-bond acceptors (Lipinski definition) is 3. The molecule has 1 heterocycles. The Kier molecular flexibility index (Phi) is 6.43. The maximum absolute atomic E-state index is 12.6. The van der Waals surface area contributed by atoms with Crippen molar-refractivity contribution < 1.29 is 9.53 Å². The number of nitrogens with one attached hydrogen (secondary N) is 1. The van der Waals surface area contributed by atoms with Crippen molar-refractivity contribution in [3.63, 3.8) is 0 Å². The van der Waals surface area contributed by atoms with Gasteiger partial charge in [0.05, 0.1) is 12.8 Å². The molecule has 0 atom stereocenters. The third kappa shape index (κ3) is 4.79. The first-order valence-corrected chi connectivity index (χ1v) is 9.68. The lowest BCUT2D eigenvalue weighted by Crippen LogP contribution is -2.52. The first-order valence-electron chi connectivity index (χ1n) is 9.31. The van der Waals surface area contributed by atoms with E-state index in [9.17, 15) is 4.79 Å². The Morgan fingerprint density at radius 2 is 1.80 bits per heavy atom. The number of urea groups is 1. The summed E-state index contributed by atoms with van der Waals surface area (Å²) in [7, 11) is 1.59. The van der Waals surface area contributed by atoms with Gasteiger partial charge in [0.2, 0.25) is 0 Å². The molecule has 2 fully saturated rings. The van der Waals surface area contributed by atoms with Crippen LogP contribution in [0.5, 0.6) is 5.75 Å². The number of methoxy groups -OCH3 is 1. The van der Waals surface area contributed by atoms with Crippen LogP contribution < -0.4 is 10.1 Å². The quantitative estimate of drug-likeness (QED) is 0.815. The van der Waals surface area contributed by atoms with Crippen LogP contribution in [0.25, 0.3) is 0 Å². The van der Waals surface area contributed by atoms with Crippen molar-refractivity contribution in [1.82, 2.24) is 9.80 Å². The van der Waals surface area contributed by atoms with Crippen LogP contribution in [0.1, 0.15) is 38.5 Å². The van der Waals surface area contributed by atoms with Gasteiger partial charge in [-0.05, 0) is 31.0 Å². The van der Waals surface area contributed by atoms with Crippen LogP contribution in [0.2, 0.25) is 5.02 Å². The second-order valence-corrected chi connectivity index (χ2v) is 7.38. The predicted molar refractivity (Wildman–Crippen MR) is 102 cm³/mol. The third-order valence-corrected chi connectivity index (χ3v) is 5.58. The molecule has 1 aliphatic carbocycles. The molecule has 1 aromatic rings. The van der Waals surface area contributed by atoms with Crippen molar-refractivity contribution in [3.05, 3.63) is 23.2 Å². The second-order valence-electron chi connectivity index (χ2n) is 6.94. The van der Waals surface area contributed by atoms with Crippen molar-refractivity contribution in [2.75, 3.05) is 38.6 Å². The van der Waals surface area contributed by atoms with Gasteiger partial charge in [-0.3, -0.25) is 4.90 Å². The summed E-state index contributed by atoms with van der Waals surface area (Å²) in [6, 6.07) is 5.87. The van der Waals surface area contributed by atoms with Crippen molar-refractivity contribution in [2.24, 2.45) is 0 Å². The van der Waals surface area contributed by atoms with E-state index in [0.717, 1.165) is 26.2 Å². The molecule has 1 aromatic carbocycles. The van der Waals surface area contributed by atoms with Crippen molar-refractivity contribution in [2.45, 2.75) is 44.6 Å². The molecule has 3 rings (SSSR count). The highest BCUT2D eigenvalue weighted by Crippen LogP contribution is 2.28. The molecule has 0 aromatic heterocycles. The molecule has 2 amide bonds. The Labute approximate surface area is 155 Å². The van der Waals surface area contributed by atoms with Crippen LogP contribution in [0.3, 0.4) is 0 Å². The Balaban J connectivity index is 1.54. The molecular formula is C19H28ClN3O2. The summed E-state index contributed by atoms with van der Waals surface area (Å²) >= 11 is 6.03. The van der Waals surface area contributed by atoms with Crippen LogP contribution in [-0.2, 0) is 0 Å². The van der Waals surface area contributed by atoms with Gasteiger partial charge in [0.15, 0.2) is 0 Å². The molecular weight excluding hydrogens is 338 g/mol. The molecule has 138 valence electrons. The zero-order chi connectivity index (χ0) is 17.6. The summed E-state index contributed by atoms with van der Waals surface area (Å²) in [6.07, 6.45) is 8.07. The SMILES string of the molecule is COc1ccc(Cl)cc1NC(=O)N1CCN(C2CCCCCC2)CC1. The number of rotatable bonds is 3. The number of carbonyl (C=O) groups excluding carboxylic acids is 1. The van der Waals surface area contributed by atoms with Gasteiger partial charge < -0.3 is 15.0 Å². The van der Waals surface area contributed by atoms with Gasteiger partial charge >= 0.3 is 6.03 Å². The van der Waals surface area contributed by atoms with Gasteiger partial charge in [0.1, 0.15) is 5.75 Å². The van der Waals surface area contributed by atoms with E-state index in [2.05, 4.69) is 10.2 Å². The molecule has 2 aliphatic rings. The number of ether oxygens (including phenoxy) is 1. The van der Waals surface area contributed by atoms with E-state index in [0.29, 0.717) is 22.5 Å². The number of nitrogens with zero attached hydrogens (tertiary/aromatic N) is 2. The standard InChI is InChI=1S/C19H28ClN3O2/c1-25-18-9-8-15(20)14-17(18)21-19(24)23-12-10-22(11-13-23)16-6-4-2-3-5-7-16/h8-9,14,16H,2-7,10-13H2,1H3,(H,21,24). The minimum atomic E-state index is -0.0823. The molecule has 1 saturated heterocycles. The smallest absolute Gasteiger partial charge is 0.322 e. The molecule has 5 nitrogen and oxygen atoms in total. The summed E-state index contributed by atoms with van der Waals surface area (Å²) in [5, 5.41) is 3.51. The number of carbonyl (C=O) groups is 1. The fourth-order valence-corrected chi connectivity index (χ4v) is 4.06. The van der Waals surface area contributed by atoms with Gasteiger partial charge in [-0.2, -0.15) is 0 Å². The van der Waals surface area contributed by atoms with Gasteiger partial charge in [-0.25, -0.2) is 4.79 Å². The fourth-order valence-electron chi connectivity index (χ4n) is 3.89. The predicted octanol–water partition coefficient (Wildman–Crippen LogP) is 4.22. The first-order chi connectivity index (χ1) is 12.2. The summed E-state index contributed by atoms with van der Waals surface area (Å²) in [4.78, 5) is 17.0. The van der Waals surface area contributed by atoms with E-state index in [-0.39, 0.29) is 6.03 Å². The number of piperazine rings is 1. The molecule has 0 bridgehead atoms. The number of hydrogen-bond donors (Lipinski definition) is 1. The molecule has 1 N–H and O–H groups in total. The number of anilines is 1. The number of halogens is 1. The first kappa shape index (κ1) is 18.3. The Morgan fingerprint density at radius 1 is 1.12 bits per heavy atom. The van der Waals surface area contributed by atoms with E-state index in [1.54, 1.807) is 25.3 Å². The highest BCUT2D eigenvalue weighted by atomic mass is 35.5. The Bertz CT molecular complexity index is 580. The van der Waals surface area contributed by atoms with Gasteiger partial charge in [-0.1, -0.05) is 37.3 Å². The number of benzene rings is 1. The lowest BCUT2D eigenvalue weighted by molar-refractivity contribution is 0.105. The van der Waals surface area contributed by atoms with Crippen LogP contribution in [0.4, 0.5) is 10.5 Å². The van der Waals surface area contributed by atoms with Crippen LogP contribution in [0.15, 0.2) is 18.2 Å². The Hall–Kier alpha value is -1.46. The highest BCUT2D eigenvalue weighted by molar-refractivity contribution is 6.31. The number of amides is 2. The molecule has 25 heavy (non-hydrogen) atoms. The van der Waals surface area contributed by atoms with Crippen LogP contribution in [-0.4, -0.2) is 55.2 Å². The maximum atomic E-state index is 12.6. The summed E-state index contributed by atoms with van der Waals surface area (Å²) in [5.41, 5.74) is 0.617. The van der Waals surface area contributed by atoms with E-state index in [1.807, 2.05) is 4.90 Å². The lowest BCUT2D eigenvalue weighted by Gasteiger charge is -2.39. The molecule has 0 radical (unpaired) electrons. The van der Waals surface area contributed by atoms with Gasteiger partial charge in [0.25, 0.3) is 0 Å². The van der Waals surface area contributed by atoms with Crippen molar-refractivity contribution in [3.8, 4) is 5.75 Å². The van der Waals surface area contributed by atoms with Crippen molar-refractivity contribution in [1.29, 1.82) is 0 Å². The zero-order valence-corrected chi connectivity index (χ0v) is 15.7. The van der Waals surface area contributed by atoms with E-state index < -0.39 is 0 Å². The average Bonchev–Trinajstić information content (AvgIpc) is 2.91.